The Balaban J connectivity index is 2.28. The van der Waals surface area contributed by atoms with Crippen molar-refractivity contribution >= 4 is 39.3 Å². The van der Waals surface area contributed by atoms with Crippen molar-refractivity contribution in [1.29, 1.82) is 0 Å². The first-order valence-corrected chi connectivity index (χ1v) is 6.53. The Labute approximate surface area is 122 Å². The van der Waals surface area contributed by atoms with Gasteiger partial charge in [-0.2, -0.15) is 0 Å². The monoisotopic (exact) mass is 342 g/mol. The summed E-state index contributed by atoms with van der Waals surface area (Å²) in [7, 11) is 0. The minimum absolute atomic E-state index is 0.0897. The van der Waals surface area contributed by atoms with Crippen molar-refractivity contribution in [2.45, 2.75) is 6.92 Å². The Hall–Kier alpha value is -1.46. The number of anilines is 1. The van der Waals surface area contributed by atoms with E-state index in [0.29, 0.717) is 5.82 Å². The van der Waals surface area contributed by atoms with Gasteiger partial charge in [0, 0.05) is 10.7 Å². The van der Waals surface area contributed by atoms with Gasteiger partial charge in [0.25, 0.3) is 5.91 Å². The van der Waals surface area contributed by atoms with Crippen LogP contribution in [0.5, 0.6) is 0 Å². The number of carbonyl (C=O) groups excluding carboxylic acids is 1. The first-order valence-electron chi connectivity index (χ1n) is 5.36. The fourth-order valence-corrected chi connectivity index (χ4v) is 2.15. The topological polar surface area (TPSA) is 42.0 Å². The molecule has 0 aliphatic carbocycles. The number of rotatable bonds is 2. The predicted octanol–water partition coefficient (Wildman–Crippen LogP) is 4.20. The third-order valence-corrected chi connectivity index (χ3v) is 3.20. The molecule has 1 amide bonds. The molecule has 0 aliphatic rings. The van der Waals surface area contributed by atoms with Crippen LogP contribution in [0.4, 0.5) is 10.2 Å². The number of aromatic nitrogens is 1. The van der Waals surface area contributed by atoms with Crippen LogP contribution in [0.25, 0.3) is 0 Å². The minimum Gasteiger partial charge on any atom is -0.306 e. The zero-order valence-corrected chi connectivity index (χ0v) is 12.2. The highest BCUT2D eigenvalue weighted by Gasteiger charge is 2.15. The molecular formula is C13H9BrClFN2O. The molecule has 0 radical (unpaired) electrons. The third-order valence-electron chi connectivity index (χ3n) is 2.47. The van der Waals surface area contributed by atoms with E-state index in [-0.39, 0.29) is 10.6 Å². The molecule has 6 heteroatoms. The largest absolute Gasteiger partial charge is 0.306 e. The molecule has 0 saturated heterocycles. The molecular weight excluding hydrogens is 335 g/mol. The van der Waals surface area contributed by atoms with Gasteiger partial charge in [0.1, 0.15) is 5.82 Å². The highest BCUT2D eigenvalue weighted by molar-refractivity contribution is 9.10. The average Bonchev–Trinajstić information content (AvgIpc) is 2.36. The fourth-order valence-electron chi connectivity index (χ4n) is 1.53. The molecule has 98 valence electrons. The van der Waals surface area contributed by atoms with E-state index in [1.807, 2.05) is 0 Å². The van der Waals surface area contributed by atoms with E-state index >= 15 is 0 Å². The average molecular weight is 344 g/mol. The third kappa shape index (κ3) is 3.11. The predicted molar refractivity (Wildman–Crippen MR) is 76.0 cm³/mol. The lowest BCUT2D eigenvalue weighted by Gasteiger charge is -2.08. The van der Waals surface area contributed by atoms with Gasteiger partial charge >= 0.3 is 0 Å². The van der Waals surface area contributed by atoms with Crippen LogP contribution in [0.15, 0.2) is 34.9 Å². The Kier molecular flexibility index (Phi) is 4.17. The van der Waals surface area contributed by atoms with Crippen LogP contribution in [-0.2, 0) is 0 Å². The van der Waals surface area contributed by atoms with E-state index in [4.69, 9.17) is 11.6 Å². The van der Waals surface area contributed by atoms with Crippen molar-refractivity contribution in [3.8, 4) is 0 Å². The van der Waals surface area contributed by atoms with Gasteiger partial charge in [-0.25, -0.2) is 9.37 Å². The zero-order chi connectivity index (χ0) is 14.0. The molecule has 2 rings (SSSR count). The van der Waals surface area contributed by atoms with Crippen molar-refractivity contribution in [3.63, 3.8) is 0 Å². The molecule has 1 N–H and O–H groups in total. The Morgan fingerprint density at radius 1 is 1.47 bits per heavy atom. The SMILES string of the molecule is Cc1cc(Br)cnc1NC(=O)c1cccc(Cl)c1F. The van der Waals surface area contributed by atoms with Crippen molar-refractivity contribution in [2.75, 3.05) is 5.32 Å². The lowest BCUT2D eigenvalue weighted by molar-refractivity contribution is 0.102. The van der Waals surface area contributed by atoms with Gasteiger partial charge in [-0.1, -0.05) is 17.7 Å². The molecule has 0 spiro atoms. The van der Waals surface area contributed by atoms with Crippen LogP contribution >= 0.6 is 27.5 Å². The molecule has 2 aromatic rings. The number of halogens is 3. The van der Waals surface area contributed by atoms with Gasteiger partial charge in [0.15, 0.2) is 5.82 Å². The van der Waals surface area contributed by atoms with Crippen molar-refractivity contribution in [3.05, 3.63) is 56.9 Å². The number of benzene rings is 1. The second-order valence-corrected chi connectivity index (χ2v) is 5.20. The summed E-state index contributed by atoms with van der Waals surface area (Å²) in [5.74, 6) is -0.943. The fraction of sp³-hybridized carbons (Fsp3) is 0.0769. The van der Waals surface area contributed by atoms with Crippen LogP contribution in [0.3, 0.4) is 0 Å². The Morgan fingerprint density at radius 2 is 2.21 bits per heavy atom. The summed E-state index contributed by atoms with van der Waals surface area (Å²) in [6.07, 6.45) is 1.55. The Morgan fingerprint density at radius 3 is 2.89 bits per heavy atom. The number of pyridine rings is 1. The van der Waals surface area contributed by atoms with E-state index in [1.165, 1.54) is 18.2 Å². The van der Waals surface area contributed by atoms with Crippen LogP contribution < -0.4 is 5.32 Å². The number of hydrogen-bond donors (Lipinski definition) is 1. The van der Waals surface area contributed by atoms with Crippen LogP contribution in [0, 0.1) is 12.7 Å². The molecule has 3 nitrogen and oxygen atoms in total. The summed E-state index contributed by atoms with van der Waals surface area (Å²) >= 11 is 8.91. The van der Waals surface area contributed by atoms with E-state index < -0.39 is 11.7 Å². The quantitative estimate of drug-likeness (QED) is 0.888. The Bertz CT molecular complexity index is 649. The number of carbonyl (C=O) groups is 1. The summed E-state index contributed by atoms with van der Waals surface area (Å²) in [5.41, 5.74) is 0.654. The number of nitrogens with zero attached hydrogens (tertiary/aromatic N) is 1. The first kappa shape index (κ1) is 14.0. The molecule has 0 aliphatic heterocycles. The highest BCUT2D eigenvalue weighted by Crippen LogP contribution is 2.21. The number of hydrogen-bond acceptors (Lipinski definition) is 2. The minimum atomic E-state index is -0.739. The molecule has 0 atom stereocenters. The molecule has 0 bridgehead atoms. The molecule has 19 heavy (non-hydrogen) atoms. The molecule has 1 aromatic carbocycles. The number of nitrogens with one attached hydrogen (secondary N) is 1. The number of amides is 1. The van der Waals surface area contributed by atoms with Gasteiger partial charge < -0.3 is 5.32 Å². The molecule has 1 aromatic heterocycles. The van der Waals surface area contributed by atoms with Gasteiger partial charge in [-0.15, -0.1) is 0 Å². The second-order valence-electron chi connectivity index (χ2n) is 3.87. The summed E-state index contributed by atoms with van der Waals surface area (Å²) < 4.78 is 14.5. The van der Waals surface area contributed by atoms with Gasteiger partial charge in [0.05, 0.1) is 10.6 Å². The van der Waals surface area contributed by atoms with E-state index in [2.05, 4.69) is 26.2 Å². The lowest BCUT2D eigenvalue weighted by Crippen LogP contribution is -2.15. The maximum atomic E-state index is 13.7. The van der Waals surface area contributed by atoms with Crippen LogP contribution in [0.1, 0.15) is 15.9 Å². The molecule has 0 fully saturated rings. The van der Waals surface area contributed by atoms with Crippen LogP contribution in [0.2, 0.25) is 5.02 Å². The first-order chi connectivity index (χ1) is 8.99. The van der Waals surface area contributed by atoms with Crippen LogP contribution in [-0.4, -0.2) is 10.9 Å². The highest BCUT2D eigenvalue weighted by atomic mass is 79.9. The second kappa shape index (κ2) is 5.67. The van der Waals surface area contributed by atoms with E-state index in [9.17, 15) is 9.18 Å². The molecule has 1 heterocycles. The van der Waals surface area contributed by atoms with Gasteiger partial charge in [-0.05, 0) is 46.6 Å². The van der Waals surface area contributed by atoms with E-state index in [1.54, 1.807) is 19.2 Å². The van der Waals surface area contributed by atoms with Gasteiger partial charge in [-0.3, -0.25) is 4.79 Å². The summed E-state index contributed by atoms with van der Waals surface area (Å²) in [4.78, 5) is 16.0. The summed E-state index contributed by atoms with van der Waals surface area (Å²) in [6.45, 7) is 1.79. The van der Waals surface area contributed by atoms with Gasteiger partial charge in [0.2, 0.25) is 0 Å². The van der Waals surface area contributed by atoms with Crippen molar-refractivity contribution < 1.29 is 9.18 Å². The molecule has 0 unspecified atom stereocenters. The summed E-state index contributed by atoms with van der Waals surface area (Å²) in [6, 6.07) is 6.07. The molecule has 0 saturated carbocycles. The zero-order valence-electron chi connectivity index (χ0n) is 9.88. The normalized spacial score (nSPS) is 10.3. The van der Waals surface area contributed by atoms with E-state index in [0.717, 1.165) is 10.0 Å². The maximum absolute atomic E-state index is 13.7. The number of aryl methyl sites for hydroxylation is 1. The summed E-state index contributed by atoms with van der Waals surface area (Å²) in [5, 5.41) is 2.46. The van der Waals surface area contributed by atoms with Crippen molar-refractivity contribution in [2.24, 2.45) is 0 Å². The maximum Gasteiger partial charge on any atom is 0.259 e. The smallest absolute Gasteiger partial charge is 0.259 e. The lowest BCUT2D eigenvalue weighted by atomic mass is 10.2. The standard InChI is InChI=1S/C13H9BrClFN2O/c1-7-5-8(14)6-17-12(7)18-13(19)9-3-2-4-10(15)11(9)16/h2-6H,1H3,(H,17,18,19). The van der Waals surface area contributed by atoms with Crippen molar-refractivity contribution in [1.82, 2.24) is 4.98 Å².